The lowest BCUT2D eigenvalue weighted by Crippen LogP contribution is -2.52. The number of anilines is 2. The number of benzene rings is 2. The molecular formula is C25H28N2O5S. The molecule has 0 saturated heterocycles. The predicted octanol–water partition coefficient (Wildman–Crippen LogP) is 3.01. The molecule has 3 aliphatic rings. The first-order valence-corrected chi connectivity index (χ1v) is 13.2. The van der Waals surface area contributed by atoms with Crippen molar-refractivity contribution in [3.8, 4) is 11.1 Å². The van der Waals surface area contributed by atoms with Gasteiger partial charge in [0.05, 0.1) is 34.7 Å². The minimum absolute atomic E-state index is 0.0652. The lowest BCUT2D eigenvalue weighted by Gasteiger charge is -2.41. The summed E-state index contributed by atoms with van der Waals surface area (Å²) >= 11 is 0. The van der Waals surface area contributed by atoms with E-state index in [1.807, 2.05) is 34.9 Å². The molecule has 1 aliphatic heterocycles. The number of amides is 2. The maximum Gasteiger partial charge on any atom is 0.230 e. The smallest absolute Gasteiger partial charge is 0.230 e. The van der Waals surface area contributed by atoms with E-state index in [1.54, 1.807) is 12.1 Å². The summed E-state index contributed by atoms with van der Waals surface area (Å²) < 4.78 is 24.4. The minimum atomic E-state index is -3.52. The Morgan fingerprint density at radius 3 is 2.12 bits per heavy atom. The van der Waals surface area contributed by atoms with Crippen molar-refractivity contribution in [3.05, 3.63) is 42.5 Å². The van der Waals surface area contributed by atoms with Gasteiger partial charge in [-0.1, -0.05) is 18.2 Å². The number of carbonyl (C=O) groups excluding carboxylic acids is 2. The van der Waals surface area contributed by atoms with Crippen LogP contribution in [-0.4, -0.2) is 50.3 Å². The number of fused-ring (bicyclic) bond motifs is 1. The Morgan fingerprint density at radius 2 is 1.52 bits per heavy atom. The summed E-state index contributed by atoms with van der Waals surface area (Å²) in [6.45, 7) is 2.05. The molecule has 0 radical (unpaired) electrons. The molecule has 1 unspecified atom stereocenters. The van der Waals surface area contributed by atoms with Gasteiger partial charge in [0.1, 0.15) is 0 Å². The molecule has 2 aliphatic carbocycles. The van der Waals surface area contributed by atoms with Crippen LogP contribution >= 0.6 is 0 Å². The summed E-state index contributed by atoms with van der Waals surface area (Å²) in [4.78, 5) is 30.0. The fourth-order valence-corrected chi connectivity index (χ4v) is 5.55. The summed E-state index contributed by atoms with van der Waals surface area (Å²) in [5.41, 5.74) is 3.18. The first-order valence-electron chi connectivity index (χ1n) is 11.5. The third-order valence-corrected chi connectivity index (χ3v) is 8.39. The third kappa shape index (κ3) is 4.17. The summed E-state index contributed by atoms with van der Waals surface area (Å²) in [6.07, 6.45) is 3.66. The predicted molar refractivity (Wildman–Crippen MR) is 126 cm³/mol. The van der Waals surface area contributed by atoms with E-state index in [1.165, 1.54) is 12.1 Å². The number of rotatable bonds is 6. The van der Waals surface area contributed by atoms with Gasteiger partial charge in [-0.2, -0.15) is 0 Å². The number of aliphatic hydroxyl groups excluding tert-OH is 1. The molecule has 1 atom stereocenters. The number of aliphatic hydroxyl groups is 1. The van der Waals surface area contributed by atoms with Crippen LogP contribution in [0.1, 0.15) is 32.6 Å². The Labute approximate surface area is 193 Å². The van der Waals surface area contributed by atoms with Crippen molar-refractivity contribution in [2.45, 2.75) is 43.5 Å². The summed E-state index contributed by atoms with van der Waals surface area (Å²) in [5.74, 6) is 0.0825. The van der Waals surface area contributed by atoms with E-state index in [0.717, 1.165) is 48.2 Å². The van der Waals surface area contributed by atoms with Crippen molar-refractivity contribution >= 4 is 33.0 Å². The van der Waals surface area contributed by atoms with Crippen LogP contribution in [0.5, 0.6) is 0 Å². The zero-order valence-electron chi connectivity index (χ0n) is 18.6. The highest BCUT2D eigenvalue weighted by Gasteiger charge is 2.43. The van der Waals surface area contributed by atoms with Crippen molar-refractivity contribution in [3.63, 3.8) is 0 Å². The van der Waals surface area contributed by atoms with Gasteiger partial charge in [-0.3, -0.25) is 9.59 Å². The summed E-state index contributed by atoms with van der Waals surface area (Å²) in [6, 6.07) is 12.2. The molecule has 2 saturated carbocycles. The maximum atomic E-state index is 13.1. The molecule has 33 heavy (non-hydrogen) atoms. The lowest BCUT2D eigenvalue weighted by atomic mass is 10.00. The van der Waals surface area contributed by atoms with Crippen LogP contribution in [0.15, 0.2) is 47.4 Å². The average molecular weight is 469 g/mol. The fourth-order valence-electron chi connectivity index (χ4n) is 4.52. The molecule has 2 amide bonds. The highest BCUT2D eigenvalue weighted by atomic mass is 32.2. The van der Waals surface area contributed by atoms with Gasteiger partial charge in [-0.15, -0.1) is 0 Å². The van der Waals surface area contributed by atoms with Crippen molar-refractivity contribution < 1.29 is 23.1 Å². The quantitative estimate of drug-likeness (QED) is 0.703. The SMILES string of the molecule is CC1CN(C(=O)C2CC2)c2cc(-c3ccc(S(=O)(=O)CCO)cc3)ccc2N1C(=O)C1CC1. The first kappa shape index (κ1) is 22.1. The molecule has 0 bridgehead atoms. The van der Waals surface area contributed by atoms with E-state index in [2.05, 4.69) is 0 Å². The highest BCUT2D eigenvalue weighted by molar-refractivity contribution is 7.91. The van der Waals surface area contributed by atoms with Gasteiger partial charge in [0, 0.05) is 18.4 Å². The summed E-state index contributed by atoms with van der Waals surface area (Å²) in [5, 5.41) is 9.00. The zero-order valence-corrected chi connectivity index (χ0v) is 19.4. The van der Waals surface area contributed by atoms with Gasteiger partial charge >= 0.3 is 0 Å². The number of hydrogen-bond donors (Lipinski definition) is 1. The van der Waals surface area contributed by atoms with Gasteiger partial charge < -0.3 is 14.9 Å². The zero-order chi connectivity index (χ0) is 23.3. The Balaban J connectivity index is 1.53. The van der Waals surface area contributed by atoms with Crippen molar-refractivity contribution in [1.82, 2.24) is 0 Å². The molecule has 2 aromatic rings. The lowest BCUT2D eigenvalue weighted by molar-refractivity contribution is -0.122. The van der Waals surface area contributed by atoms with E-state index < -0.39 is 16.4 Å². The molecule has 2 aromatic carbocycles. The van der Waals surface area contributed by atoms with E-state index in [0.29, 0.717) is 6.54 Å². The second-order valence-corrected chi connectivity index (χ2v) is 11.4. The molecule has 5 rings (SSSR count). The number of carbonyl (C=O) groups is 2. The third-order valence-electron chi connectivity index (χ3n) is 6.68. The Morgan fingerprint density at radius 1 is 0.909 bits per heavy atom. The van der Waals surface area contributed by atoms with Crippen LogP contribution in [0.2, 0.25) is 0 Å². The molecule has 1 N–H and O–H groups in total. The van der Waals surface area contributed by atoms with E-state index in [4.69, 9.17) is 5.11 Å². The standard InChI is InChI=1S/C25H28N2O5S/c1-16-15-26(24(29)18-2-3-18)23-14-20(8-11-22(23)27(16)25(30)19-4-5-19)17-6-9-21(10-7-17)33(31,32)13-12-28/h6-11,14,16,18-19,28H,2-5,12-13,15H2,1H3. The highest BCUT2D eigenvalue weighted by Crippen LogP contribution is 2.44. The minimum Gasteiger partial charge on any atom is -0.395 e. The molecular weight excluding hydrogens is 440 g/mol. The largest absolute Gasteiger partial charge is 0.395 e. The Kier molecular flexibility index (Phi) is 5.53. The van der Waals surface area contributed by atoms with Crippen LogP contribution < -0.4 is 9.80 Å². The normalized spacial score (nSPS) is 20.5. The first-order chi connectivity index (χ1) is 15.8. The molecule has 174 valence electrons. The van der Waals surface area contributed by atoms with Crippen LogP contribution in [0.25, 0.3) is 11.1 Å². The van der Waals surface area contributed by atoms with E-state index in [9.17, 15) is 18.0 Å². The summed E-state index contributed by atoms with van der Waals surface area (Å²) in [7, 11) is -3.52. The van der Waals surface area contributed by atoms with Crippen LogP contribution in [0.4, 0.5) is 11.4 Å². The second kappa shape index (κ2) is 8.25. The van der Waals surface area contributed by atoms with Gasteiger partial charge in [0.15, 0.2) is 9.84 Å². The monoisotopic (exact) mass is 468 g/mol. The van der Waals surface area contributed by atoms with Gasteiger partial charge in [0.25, 0.3) is 0 Å². The van der Waals surface area contributed by atoms with Crippen molar-refractivity contribution in [2.75, 3.05) is 28.7 Å². The number of nitrogens with zero attached hydrogens (tertiary/aromatic N) is 2. The van der Waals surface area contributed by atoms with Crippen LogP contribution in [-0.2, 0) is 19.4 Å². The Bertz CT molecular complexity index is 1200. The second-order valence-electron chi connectivity index (χ2n) is 9.33. The van der Waals surface area contributed by atoms with E-state index in [-0.39, 0.29) is 40.3 Å². The molecule has 0 aromatic heterocycles. The van der Waals surface area contributed by atoms with Crippen molar-refractivity contribution in [1.29, 1.82) is 0 Å². The molecule has 2 fully saturated rings. The molecule has 1 heterocycles. The number of sulfone groups is 1. The van der Waals surface area contributed by atoms with Crippen LogP contribution in [0.3, 0.4) is 0 Å². The van der Waals surface area contributed by atoms with Gasteiger partial charge in [-0.05, 0) is 68.0 Å². The average Bonchev–Trinajstić information content (AvgIpc) is 3.70. The number of hydrogen-bond acceptors (Lipinski definition) is 5. The topological polar surface area (TPSA) is 95.0 Å². The molecule has 0 spiro atoms. The van der Waals surface area contributed by atoms with Gasteiger partial charge in [-0.25, -0.2) is 8.42 Å². The Hall–Kier alpha value is -2.71. The molecule has 8 heteroatoms. The maximum absolute atomic E-state index is 13.1. The fraction of sp³-hybridized carbons (Fsp3) is 0.440. The molecule has 7 nitrogen and oxygen atoms in total. The van der Waals surface area contributed by atoms with Crippen molar-refractivity contribution in [2.24, 2.45) is 11.8 Å². The van der Waals surface area contributed by atoms with Crippen LogP contribution in [0, 0.1) is 11.8 Å². The van der Waals surface area contributed by atoms with Gasteiger partial charge in [0.2, 0.25) is 11.8 Å². The van der Waals surface area contributed by atoms with E-state index >= 15 is 0 Å².